The molecule has 1 aliphatic heterocycles. The van der Waals surface area contributed by atoms with Gasteiger partial charge in [0.1, 0.15) is 11.6 Å². The quantitative estimate of drug-likeness (QED) is 0.908. The third-order valence-electron chi connectivity index (χ3n) is 4.39. The summed E-state index contributed by atoms with van der Waals surface area (Å²) in [6, 6.07) is 14.0. The fraction of sp³-hybridized carbons (Fsp3) is 0.350. The molecule has 1 heterocycles. The summed E-state index contributed by atoms with van der Waals surface area (Å²) in [6.07, 6.45) is 0.332. The van der Waals surface area contributed by atoms with E-state index in [0.717, 1.165) is 23.4 Å². The molecule has 0 bridgehead atoms. The predicted octanol–water partition coefficient (Wildman–Crippen LogP) is 2.94. The van der Waals surface area contributed by atoms with Crippen LogP contribution in [-0.4, -0.2) is 37.0 Å². The third-order valence-corrected chi connectivity index (χ3v) is 4.39. The molecule has 1 atom stereocenters. The Bertz CT molecular complexity index is 718. The van der Waals surface area contributed by atoms with Gasteiger partial charge in [-0.1, -0.05) is 24.3 Å². The van der Waals surface area contributed by atoms with Crippen LogP contribution in [0, 0.1) is 5.82 Å². The van der Waals surface area contributed by atoms with E-state index in [1.807, 2.05) is 42.2 Å². The average Bonchev–Trinajstić information content (AvgIpc) is 2.63. The van der Waals surface area contributed by atoms with Gasteiger partial charge in [-0.2, -0.15) is 0 Å². The predicted molar refractivity (Wildman–Crippen MR) is 95.0 cm³/mol. The standard InChI is InChI=1S/C20H23FN2O2/c1-2-25-18-8-6-15(7-9-18)12-20(24)23-11-10-22-14-19(23)16-4-3-5-17(21)13-16/h3-9,13,19,22H,2,10-12,14H2,1H3. The first-order valence-corrected chi connectivity index (χ1v) is 8.64. The Morgan fingerprint density at radius 3 is 2.80 bits per heavy atom. The number of benzene rings is 2. The van der Waals surface area contributed by atoms with Crippen molar-refractivity contribution >= 4 is 5.91 Å². The maximum Gasteiger partial charge on any atom is 0.227 e. The fourth-order valence-electron chi connectivity index (χ4n) is 3.16. The number of nitrogens with zero attached hydrogens (tertiary/aromatic N) is 1. The number of hydrogen-bond donors (Lipinski definition) is 1. The molecule has 3 rings (SSSR count). The van der Waals surface area contributed by atoms with Crippen molar-refractivity contribution in [3.05, 3.63) is 65.5 Å². The molecule has 1 aliphatic rings. The minimum Gasteiger partial charge on any atom is -0.494 e. The van der Waals surface area contributed by atoms with Gasteiger partial charge in [0.25, 0.3) is 0 Å². The Morgan fingerprint density at radius 1 is 1.28 bits per heavy atom. The number of carbonyl (C=O) groups is 1. The molecule has 1 fully saturated rings. The first-order valence-electron chi connectivity index (χ1n) is 8.64. The number of halogens is 1. The Morgan fingerprint density at radius 2 is 2.08 bits per heavy atom. The van der Waals surface area contributed by atoms with Crippen LogP contribution in [0.25, 0.3) is 0 Å². The molecule has 5 heteroatoms. The van der Waals surface area contributed by atoms with Crippen molar-refractivity contribution in [3.63, 3.8) is 0 Å². The van der Waals surface area contributed by atoms with Crippen molar-refractivity contribution in [2.45, 2.75) is 19.4 Å². The van der Waals surface area contributed by atoms with E-state index < -0.39 is 0 Å². The lowest BCUT2D eigenvalue weighted by atomic mass is 10.0. The first kappa shape index (κ1) is 17.4. The fourth-order valence-corrected chi connectivity index (χ4v) is 3.16. The summed E-state index contributed by atoms with van der Waals surface area (Å²) in [5, 5.41) is 3.29. The molecule has 0 spiro atoms. The summed E-state index contributed by atoms with van der Waals surface area (Å²) in [4.78, 5) is 14.7. The van der Waals surface area contributed by atoms with Gasteiger partial charge in [0.05, 0.1) is 19.1 Å². The van der Waals surface area contributed by atoms with Gasteiger partial charge in [0, 0.05) is 19.6 Å². The van der Waals surface area contributed by atoms with Gasteiger partial charge in [-0.15, -0.1) is 0 Å². The van der Waals surface area contributed by atoms with Crippen molar-refractivity contribution in [3.8, 4) is 5.75 Å². The molecule has 0 radical (unpaired) electrons. The Hall–Kier alpha value is -2.40. The van der Waals surface area contributed by atoms with Gasteiger partial charge in [0.2, 0.25) is 5.91 Å². The Labute approximate surface area is 147 Å². The minimum atomic E-state index is -0.276. The highest BCUT2D eigenvalue weighted by molar-refractivity contribution is 5.79. The molecule has 25 heavy (non-hydrogen) atoms. The Balaban J connectivity index is 1.72. The number of amides is 1. The molecule has 2 aromatic rings. The summed E-state index contributed by atoms with van der Waals surface area (Å²) in [7, 11) is 0. The highest BCUT2D eigenvalue weighted by Crippen LogP contribution is 2.24. The monoisotopic (exact) mass is 342 g/mol. The largest absolute Gasteiger partial charge is 0.494 e. The smallest absolute Gasteiger partial charge is 0.227 e. The van der Waals surface area contributed by atoms with Crippen LogP contribution in [0.3, 0.4) is 0 Å². The molecule has 1 amide bonds. The van der Waals surface area contributed by atoms with Gasteiger partial charge >= 0.3 is 0 Å². The van der Waals surface area contributed by atoms with Crippen molar-refractivity contribution < 1.29 is 13.9 Å². The zero-order valence-corrected chi connectivity index (χ0v) is 14.4. The summed E-state index contributed by atoms with van der Waals surface area (Å²) in [5.74, 6) is 0.584. The normalized spacial score (nSPS) is 17.4. The van der Waals surface area contributed by atoms with Crippen molar-refractivity contribution in [1.82, 2.24) is 10.2 Å². The maximum absolute atomic E-state index is 13.6. The minimum absolute atomic E-state index is 0.0555. The SMILES string of the molecule is CCOc1ccc(CC(=O)N2CCNCC2c2cccc(F)c2)cc1. The molecule has 0 aliphatic carbocycles. The van der Waals surface area contributed by atoms with Crippen LogP contribution in [0.1, 0.15) is 24.1 Å². The van der Waals surface area contributed by atoms with Crippen LogP contribution in [0.15, 0.2) is 48.5 Å². The molecule has 0 aromatic heterocycles. The summed E-state index contributed by atoms with van der Waals surface area (Å²) >= 11 is 0. The van der Waals surface area contributed by atoms with Crippen LogP contribution in [-0.2, 0) is 11.2 Å². The second-order valence-corrected chi connectivity index (χ2v) is 6.12. The summed E-state index contributed by atoms with van der Waals surface area (Å²) < 4.78 is 19.0. The second-order valence-electron chi connectivity index (χ2n) is 6.12. The molecular weight excluding hydrogens is 319 g/mol. The van der Waals surface area contributed by atoms with Crippen LogP contribution < -0.4 is 10.1 Å². The molecule has 4 nitrogen and oxygen atoms in total. The first-order chi connectivity index (χ1) is 12.2. The lowest BCUT2D eigenvalue weighted by molar-refractivity contribution is -0.133. The number of piperazine rings is 1. The van der Waals surface area contributed by atoms with Crippen molar-refractivity contribution in [2.24, 2.45) is 0 Å². The highest BCUT2D eigenvalue weighted by Gasteiger charge is 2.27. The lowest BCUT2D eigenvalue weighted by Gasteiger charge is -2.36. The van der Waals surface area contributed by atoms with Gasteiger partial charge in [-0.25, -0.2) is 4.39 Å². The van der Waals surface area contributed by atoms with Gasteiger partial charge in [-0.3, -0.25) is 4.79 Å². The van der Waals surface area contributed by atoms with Gasteiger partial charge in [0.15, 0.2) is 0 Å². The van der Waals surface area contributed by atoms with E-state index in [1.54, 1.807) is 6.07 Å². The zero-order valence-electron chi connectivity index (χ0n) is 14.4. The van der Waals surface area contributed by atoms with E-state index in [4.69, 9.17) is 4.74 Å². The molecule has 0 saturated carbocycles. The molecule has 132 valence electrons. The van der Waals surface area contributed by atoms with Gasteiger partial charge < -0.3 is 15.0 Å². The number of hydrogen-bond acceptors (Lipinski definition) is 3. The summed E-state index contributed by atoms with van der Waals surface area (Å²) in [6.45, 7) is 4.57. The van der Waals surface area contributed by atoms with E-state index in [1.165, 1.54) is 12.1 Å². The topological polar surface area (TPSA) is 41.6 Å². The van der Waals surface area contributed by atoms with E-state index in [0.29, 0.717) is 26.1 Å². The van der Waals surface area contributed by atoms with Crippen LogP contribution >= 0.6 is 0 Å². The zero-order chi connectivity index (χ0) is 17.6. The maximum atomic E-state index is 13.6. The van der Waals surface area contributed by atoms with Crippen LogP contribution in [0.5, 0.6) is 5.75 Å². The summed E-state index contributed by atoms with van der Waals surface area (Å²) in [5.41, 5.74) is 1.78. The molecule has 1 unspecified atom stereocenters. The highest BCUT2D eigenvalue weighted by atomic mass is 19.1. The molecule has 2 aromatic carbocycles. The molecule has 1 N–H and O–H groups in total. The van der Waals surface area contributed by atoms with Gasteiger partial charge in [-0.05, 0) is 42.3 Å². The Kier molecular flexibility index (Phi) is 5.66. The lowest BCUT2D eigenvalue weighted by Crippen LogP contribution is -2.49. The molecule has 1 saturated heterocycles. The average molecular weight is 342 g/mol. The number of rotatable bonds is 5. The van der Waals surface area contributed by atoms with E-state index >= 15 is 0 Å². The van der Waals surface area contributed by atoms with Crippen molar-refractivity contribution in [1.29, 1.82) is 0 Å². The number of ether oxygens (including phenoxy) is 1. The third kappa shape index (κ3) is 4.37. The second kappa shape index (κ2) is 8.12. The van der Waals surface area contributed by atoms with Crippen LogP contribution in [0.2, 0.25) is 0 Å². The van der Waals surface area contributed by atoms with E-state index in [2.05, 4.69) is 5.32 Å². The number of nitrogens with one attached hydrogen (secondary N) is 1. The van der Waals surface area contributed by atoms with Crippen LogP contribution in [0.4, 0.5) is 4.39 Å². The van der Waals surface area contributed by atoms with Crippen molar-refractivity contribution in [2.75, 3.05) is 26.2 Å². The van der Waals surface area contributed by atoms with E-state index in [9.17, 15) is 9.18 Å². The number of carbonyl (C=O) groups excluding carboxylic acids is 1. The molecular formula is C20H23FN2O2. The van der Waals surface area contributed by atoms with E-state index in [-0.39, 0.29) is 17.8 Å².